The zero-order chi connectivity index (χ0) is 17.4. The van der Waals surface area contributed by atoms with E-state index in [4.69, 9.17) is 0 Å². The third kappa shape index (κ3) is 2.96. The van der Waals surface area contributed by atoms with Gasteiger partial charge < -0.3 is 0 Å². The number of hydrogen-bond acceptors (Lipinski definition) is 2. The van der Waals surface area contributed by atoms with Gasteiger partial charge in [0.05, 0.1) is 11.3 Å². The minimum atomic E-state index is -0.843. The van der Waals surface area contributed by atoms with Gasteiger partial charge in [-0.1, -0.05) is 0 Å². The van der Waals surface area contributed by atoms with Gasteiger partial charge in [-0.25, -0.2) is 22.2 Å². The molecule has 0 spiro atoms. The van der Waals surface area contributed by atoms with E-state index in [9.17, 15) is 22.4 Å². The number of aldehydes is 1. The number of benzene rings is 2. The van der Waals surface area contributed by atoms with Crippen molar-refractivity contribution in [3.8, 4) is 16.9 Å². The first-order chi connectivity index (χ1) is 11.4. The molecular formula is C16H7BrF4N2O. The van der Waals surface area contributed by atoms with E-state index in [2.05, 4.69) is 21.0 Å². The Morgan fingerprint density at radius 2 is 1.38 bits per heavy atom. The van der Waals surface area contributed by atoms with Crippen molar-refractivity contribution in [2.45, 2.75) is 0 Å². The van der Waals surface area contributed by atoms with Crippen LogP contribution in [0.15, 0.2) is 41.0 Å². The average molecular weight is 399 g/mol. The summed E-state index contributed by atoms with van der Waals surface area (Å²) in [6, 6.07) is 5.38. The first-order valence-electron chi connectivity index (χ1n) is 6.55. The van der Waals surface area contributed by atoms with Gasteiger partial charge in [0, 0.05) is 17.7 Å². The Balaban J connectivity index is 2.24. The minimum absolute atomic E-state index is 0.00519. The highest BCUT2D eigenvalue weighted by Crippen LogP contribution is 2.31. The number of rotatable bonds is 3. The standard InChI is InChI=1S/C16H7BrF4N2O/c17-16-14(7-24)15(8-1-9(18)3-10(19)2-8)22-23(16)13-5-11(20)4-12(21)6-13/h1-7H. The number of halogens is 5. The second kappa shape index (κ2) is 6.20. The van der Waals surface area contributed by atoms with E-state index in [1.165, 1.54) is 0 Å². The monoisotopic (exact) mass is 398 g/mol. The summed E-state index contributed by atoms with van der Waals surface area (Å²) in [4.78, 5) is 11.4. The van der Waals surface area contributed by atoms with Crippen LogP contribution >= 0.6 is 15.9 Å². The topological polar surface area (TPSA) is 34.9 Å². The van der Waals surface area contributed by atoms with Gasteiger partial charge in [-0.15, -0.1) is 0 Å². The molecule has 0 fully saturated rings. The van der Waals surface area contributed by atoms with Crippen LogP contribution in [0.2, 0.25) is 0 Å². The van der Waals surface area contributed by atoms with Crippen molar-refractivity contribution in [2.24, 2.45) is 0 Å². The maximum Gasteiger partial charge on any atom is 0.155 e. The van der Waals surface area contributed by atoms with Crippen molar-refractivity contribution in [1.29, 1.82) is 0 Å². The lowest BCUT2D eigenvalue weighted by molar-refractivity contribution is 0.112. The summed E-state index contributed by atoms with van der Waals surface area (Å²) in [5.74, 6) is -3.36. The number of carbonyl (C=O) groups is 1. The van der Waals surface area contributed by atoms with Crippen molar-refractivity contribution in [2.75, 3.05) is 0 Å². The Hall–Kier alpha value is -2.48. The molecule has 0 bridgehead atoms. The van der Waals surface area contributed by atoms with E-state index in [0.29, 0.717) is 18.4 Å². The van der Waals surface area contributed by atoms with Crippen LogP contribution in [0, 0.1) is 23.3 Å². The maximum atomic E-state index is 13.4. The number of carbonyl (C=O) groups excluding carboxylic acids is 1. The molecule has 2 aromatic carbocycles. The van der Waals surface area contributed by atoms with Crippen molar-refractivity contribution in [3.05, 3.63) is 69.8 Å². The second-order valence-corrected chi connectivity index (χ2v) is 5.62. The molecular weight excluding hydrogens is 392 g/mol. The minimum Gasteiger partial charge on any atom is -0.298 e. The van der Waals surface area contributed by atoms with Crippen LogP contribution in [0.1, 0.15) is 10.4 Å². The summed E-state index contributed by atoms with van der Waals surface area (Å²) in [6.45, 7) is 0. The molecule has 0 aliphatic rings. The van der Waals surface area contributed by atoms with Gasteiger partial charge in [-0.2, -0.15) is 5.10 Å². The number of hydrogen-bond donors (Lipinski definition) is 0. The van der Waals surface area contributed by atoms with E-state index < -0.39 is 23.3 Å². The van der Waals surface area contributed by atoms with Crippen LogP contribution in [0.25, 0.3) is 16.9 Å². The third-order valence-corrected chi connectivity index (χ3v) is 3.97. The van der Waals surface area contributed by atoms with Crippen LogP contribution < -0.4 is 0 Å². The quantitative estimate of drug-likeness (QED) is 0.474. The molecule has 24 heavy (non-hydrogen) atoms. The van der Waals surface area contributed by atoms with Crippen molar-refractivity contribution in [3.63, 3.8) is 0 Å². The summed E-state index contributed by atoms with van der Waals surface area (Å²) >= 11 is 3.12. The van der Waals surface area contributed by atoms with Crippen LogP contribution in [0.3, 0.4) is 0 Å². The SMILES string of the molecule is O=Cc1c(-c2cc(F)cc(F)c2)nn(-c2cc(F)cc(F)c2)c1Br. The van der Waals surface area contributed by atoms with Crippen molar-refractivity contribution in [1.82, 2.24) is 9.78 Å². The molecule has 0 amide bonds. The first-order valence-corrected chi connectivity index (χ1v) is 7.35. The molecule has 0 saturated carbocycles. The Kier molecular flexibility index (Phi) is 4.23. The second-order valence-electron chi connectivity index (χ2n) is 4.87. The zero-order valence-corrected chi connectivity index (χ0v) is 13.3. The molecule has 3 rings (SSSR count). The molecule has 3 nitrogen and oxygen atoms in total. The highest BCUT2D eigenvalue weighted by molar-refractivity contribution is 9.10. The molecule has 1 heterocycles. The smallest absolute Gasteiger partial charge is 0.155 e. The predicted molar refractivity (Wildman–Crippen MR) is 81.9 cm³/mol. The van der Waals surface area contributed by atoms with E-state index in [1.807, 2.05) is 0 Å². The summed E-state index contributed by atoms with van der Waals surface area (Å²) in [5, 5.41) is 4.06. The van der Waals surface area contributed by atoms with Crippen molar-refractivity contribution < 1.29 is 22.4 Å². The van der Waals surface area contributed by atoms with Gasteiger partial charge in [0.2, 0.25) is 0 Å². The fourth-order valence-corrected chi connectivity index (χ4v) is 2.82. The van der Waals surface area contributed by atoms with E-state index in [0.717, 1.165) is 28.9 Å². The molecule has 0 atom stereocenters. The largest absolute Gasteiger partial charge is 0.298 e. The summed E-state index contributed by atoms with van der Waals surface area (Å²) in [5.41, 5.74) is -0.0128. The fourth-order valence-electron chi connectivity index (χ4n) is 2.25. The molecule has 0 unspecified atom stereocenters. The molecule has 0 aliphatic carbocycles. The van der Waals surface area contributed by atoms with Gasteiger partial charge in [-0.3, -0.25) is 4.79 Å². The Morgan fingerprint density at radius 1 is 0.875 bits per heavy atom. The van der Waals surface area contributed by atoms with E-state index >= 15 is 0 Å². The fraction of sp³-hybridized carbons (Fsp3) is 0. The summed E-state index contributed by atoms with van der Waals surface area (Å²) < 4.78 is 54.8. The highest BCUT2D eigenvalue weighted by atomic mass is 79.9. The van der Waals surface area contributed by atoms with Gasteiger partial charge in [0.25, 0.3) is 0 Å². The molecule has 3 aromatic rings. The Labute approximate surface area is 141 Å². The first kappa shape index (κ1) is 16.4. The molecule has 1 aromatic heterocycles. The molecule has 8 heteroatoms. The van der Waals surface area contributed by atoms with E-state index in [-0.39, 0.29) is 27.1 Å². The van der Waals surface area contributed by atoms with Crippen molar-refractivity contribution >= 4 is 22.2 Å². The molecule has 0 saturated heterocycles. The normalized spacial score (nSPS) is 10.9. The highest BCUT2D eigenvalue weighted by Gasteiger charge is 2.20. The number of aromatic nitrogens is 2. The summed E-state index contributed by atoms with van der Waals surface area (Å²) in [7, 11) is 0. The van der Waals surface area contributed by atoms with Crippen LogP contribution in [0.5, 0.6) is 0 Å². The predicted octanol–water partition coefficient (Wildman–Crippen LogP) is 4.67. The lowest BCUT2D eigenvalue weighted by atomic mass is 10.1. The Morgan fingerprint density at radius 3 is 1.88 bits per heavy atom. The lowest BCUT2D eigenvalue weighted by Crippen LogP contribution is -1.99. The molecule has 122 valence electrons. The molecule has 0 aliphatic heterocycles. The average Bonchev–Trinajstić information content (AvgIpc) is 2.82. The molecule has 0 radical (unpaired) electrons. The third-order valence-electron chi connectivity index (χ3n) is 3.21. The van der Waals surface area contributed by atoms with Gasteiger partial charge in [0.1, 0.15) is 33.6 Å². The summed E-state index contributed by atoms with van der Waals surface area (Å²) in [6.07, 6.45) is 0.432. The zero-order valence-electron chi connectivity index (χ0n) is 11.7. The van der Waals surface area contributed by atoms with Crippen LogP contribution in [0.4, 0.5) is 17.6 Å². The van der Waals surface area contributed by atoms with E-state index in [1.54, 1.807) is 0 Å². The number of nitrogens with zero attached hydrogens (tertiary/aromatic N) is 2. The van der Waals surface area contributed by atoms with Crippen LogP contribution in [-0.2, 0) is 0 Å². The van der Waals surface area contributed by atoms with Gasteiger partial charge in [0.15, 0.2) is 6.29 Å². The van der Waals surface area contributed by atoms with Crippen LogP contribution in [-0.4, -0.2) is 16.1 Å². The molecule has 0 N–H and O–H groups in total. The Bertz CT molecular complexity index is 915. The van der Waals surface area contributed by atoms with Gasteiger partial charge >= 0.3 is 0 Å². The maximum absolute atomic E-state index is 13.4. The van der Waals surface area contributed by atoms with Gasteiger partial charge in [-0.05, 0) is 40.2 Å². The lowest BCUT2D eigenvalue weighted by Gasteiger charge is -2.04.